The fourth-order valence-electron chi connectivity index (χ4n) is 1.96. The molecule has 7 heteroatoms. The number of aryl methyl sites for hydroxylation is 1. The Morgan fingerprint density at radius 2 is 2.27 bits per heavy atom. The minimum Gasteiger partial charge on any atom is -0.360 e. The summed E-state index contributed by atoms with van der Waals surface area (Å²) in [6, 6.07) is 6.22. The zero-order valence-corrected chi connectivity index (χ0v) is 13.2. The van der Waals surface area contributed by atoms with Gasteiger partial charge in [-0.05, 0) is 26.1 Å². The van der Waals surface area contributed by atoms with Crippen molar-refractivity contribution in [1.82, 2.24) is 10.1 Å². The Bertz CT molecular complexity index is 640. The predicted octanol–water partition coefficient (Wildman–Crippen LogP) is 3.24. The van der Waals surface area contributed by atoms with Crippen molar-refractivity contribution in [3.8, 4) is 0 Å². The number of carbonyl (C=O) groups is 1. The van der Waals surface area contributed by atoms with Crippen molar-refractivity contribution < 1.29 is 13.7 Å². The molecule has 0 radical (unpaired) electrons. The van der Waals surface area contributed by atoms with Crippen LogP contribution in [-0.2, 0) is 11.3 Å². The summed E-state index contributed by atoms with van der Waals surface area (Å²) in [4.78, 5) is 13.6. The summed E-state index contributed by atoms with van der Waals surface area (Å²) in [5, 5.41) is 6.70. The molecular formula is C15H17ClFN3O2. The summed E-state index contributed by atoms with van der Waals surface area (Å²) in [6.45, 7) is 2.55. The van der Waals surface area contributed by atoms with E-state index in [0.29, 0.717) is 35.3 Å². The van der Waals surface area contributed by atoms with Gasteiger partial charge in [-0.25, -0.2) is 4.39 Å². The summed E-state index contributed by atoms with van der Waals surface area (Å²) in [7, 11) is 1.80. The van der Waals surface area contributed by atoms with E-state index in [9.17, 15) is 9.18 Å². The maximum Gasteiger partial charge on any atom is 0.226 e. The number of benzene rings is 1. The van der Waals surface area contributed by atoms with Crippen molar-refractivity contribution in [2.75, 3.05) is 18.9 Å². The second kappa shape index (κ2) is 7.38. The van der Waals surface area contributed by atoms with E-state index in [4.69, 9.17) is 16.1 Å². The third kappa shape index (κ3) is 4.54. The van der Waals surface area contributed by atoms with E-state index >= 15 is 0 Å². The van der Waals surface area contributed by atoms with Crippen LogP contribution in [0.3, 0.4) is 0 Å². The largest absolute Gasteiger partial charge is 0.360 e. The van der Waals surface area contributed by atoms with E-state index in [2.05, 4.69) is 10.5 Å². The third-order valence-corrected chi connectivity index (χ3v) is 3.46. The van der Waals surface area contributed by atoms with Crippen LogP contribution in [0.25, 0.3) is 0 Å². The van der Waals surface area contributed by atoms with Crippen LogP contribution in [-0.4, -0.2) is 29.6 Å². The topological polar surface area (TPSA) is 58.4 Å². The lowest BCUT2D eigenvalue weighted by Crippen LogP contribution is -2.24. The number of aromatic nitrogens is 1. The first kappa shape index (κ1) is 16.5. The molecular weight excluding hydrogens is 309 g/mol. The van der Waals surface area contributed by atoms with Gasteiger partial charge in [0, 0.05) is 36.2 Å². The molecule has 22 heavy (non-hydrogen) atoms. The smallest absolute Gasteiger partial charge is 0.226 e. The molecule has 0 unspecified atom stereocenters. The number of rotatable bonds is 6. The quantitative estimate of drug-likeness (QED) is 0.885. The molecule has 118 valence electrons. The normalized spacial score (nSPS) is 11.0. The minimum absolute atomic E-state index is 0.181. The SMILES string of the molecule is Cc1cc(NC(=O)CCN(C)Cc2c(F)cccc2Cl)no1. The fraction of sp³-hybridized carbons (Fsp3) is 0.333. The molecule has 5 nitrogen and oxygen atoms in total. The van der Waals surface area contributed by atoms with Crippen LogP contribution in [0.5, 0.6) is 0 Å². The van der Waals surface area contributed by atoms with Gasteiger partial charge in [-0.3, -0.25) is 4.79 Å². The van der Waals surface area contributed by atoms with E-state index < -0.39 is 0 Å². The van der Waals surface area contributed by atoms with Crippen molar-refractivity contribution in [3.63, 3.8) is 0 Å². The summed E-state index contributed by atoms with van der Waals surface area (Å²) in [6.07, 6.45) is 0.258. The standard InChI is InChI=1S/C15H17ClFN3O2/c1-10-8-14(19-22-10)18-15(21)6-7-20(2)9-11-12(16)4-3-5-13(11)17/h3-5,8H,6-7,9H2,1-2H3,(H,18,19,21). The Hall–Kier alpha value is -1.92. The van der Waals surface area contributed by atoms with Crippen LogP contribution in [0.2, 0.25) is 5.02 Å². The van der Waals surface area contributed by atoms with Gasteiger partial charge in [0.2, 0.25) is 5.91 Å². The Kier molecular flexibility index (Phi) is 5.51. The van der Waals surface area contributed by atoms with Crippen LogP contribution < -0.4 is 5.32 Å². The molecule has 0 saturated carbocycles. The predicted molar refractivity (Wildman–Crippen MR) is 82.2 cm³/mol. The lowest BCUT2D eigenvalue weighted by molar-refractivity contribution is -0.116. The van der Waals surface area contributed by atoms with E-state index in [1.807, 2.05) is 4.90 Å². The van der Waals surface area contributed by atoms with Crippen LogP contribution in [0.1, 0.15) is 17.7 Å². The highest BCUT2D eigenvalue weighted by Gasteiger charge is 2.12. The van der Waals surface area contributed by atoms with Crippen LogP contribution in [0, 0.1) is 12.7 Å². The van der Waals surface area contributed by atoms with Gasteiger partial charge in [-0.2, -0.15) is 0 Å². The number of nitrogens with one attached hydrogen (secondary N) is 1. The third-order valence-electron chi connectivity index (χ3n) is 3.11. The monoisotopic (exact) mass is 325 g/mol. The average molecular weight is 326 g/mol. The highest BCUT2D eigenvalue weighted by molar-refractivity contribution is 6.31. The number of anilines is 1. The van der Waals surface area contributed by atoms with Gasteiger partial charge >= 0.3 is 0 Å². The van der Waals surface area contributed by atoms with E-state index in [-0.39, 0.29) is 18.1 Å². The van der Waals surface area contributed by atoms with Gasteiger partial charge in [0.1, 0.15) is 11.6 Å². The molecule has 0 atom stereocenters. The Morgan fingerprint density at radius 3 is 2.91 bits per heavy atom. The first-order valence-electron chi connectivity index (χ1n) is 6.80. The average Bonchev–Trinajstić information content (AvgIpc) is 2.86. The Labute approximate surface area is 133 Å². The summed E-state index contributed by atoms with van der Waals surface area (Å²) >= 11 is 5.98. The first-order valence-corrected chi connectivity index (χ1v) is 7.18. The molecule has 1 amide bonds. The number of hydrogen-bond donors (Lipinski definition) is 1. The molecule has 0 bridgehead atoms. The second-order valence-corrected chi connectivity index (χ2v) is 5.47. The number of nitrogens with zero attached hydrogens (tertiary/aromatic N) is 2. The molecule has 0 aliphatic heterocycles. The van der Waals surface area contributed by atoms with Gasteiger partial charge in [0.15, 0.2) is 5.82 Å². The van der Waals surface area contributed by atoms with Gasteiger partial charge in [-0.15, -0.1) is 0 Å². The van der Waals surface area contributed by atoms with Crippen molar-refractivity contribution >= 4 is 23.3 Å². The van der Waals surface area contributed by atoms with Gasteiger partial charge in [-0.1, -0.05) is 22.8 Å². The lowest BCUT2D eigenvalue weighted by atomic mass is 10.2. The first-order chi connectivity index (χ1) is 10.5. The highest BCUT2D eigenvalue weighted by atomic mass is 35.5. The minimum atomic E-state index is -0.345. The molecule has 1 aromatic carbocycles. The number of amides is 1. The van der Waals surface area contributed by atoms with Crippen molar-refractivity contribution in [2.24, 2.45) is 0 Å². The highest BCUT2D eigenvalue weighted by Crippen LogP contribution is 2.20. The van der Waals surface area contributed by atoms with Crippen LogP contribution in [0.4, 0.5) is 10.2 Å². The van der Waals surface area contributed by atoms with Crippen molar-refractivity contribution in [3.05, 3.63) is 46.4 Å². The van der Waals surface area contributed by atoms with E-state index in [1.165, 1.54) is 6.07 Å². The maximum absolute atomic E-state index is 13.7. The molecule has 2 aromatic rings. The second-order valence-electron chi connectivity index (χ2n) is 5.06. The maximum atomic E-state index is 13.7. The fourth-order valence-corrected chi connectivity index (χ4v) is 2.18. The molecule has 0 aliphatic carbocycles. The zero-order valence-electron chi connectivity index (χ0n) is 12.4. The molecule has 1 aromatic heterocycles. The molecule has 1 heterocycles. The zero-order chi connectivity index (χ0) is 16.1. The lowest BCUT2D eigenvalue weighted by Gasteiger charge is -2.17. The molecule has 2 rings (SSSR count). The van der Waals surface area contributed by atoms with Gasteiger partial charge in [0.05, 0.1) is 0 Å². The summed E-state index contributed by atoms with van der Waals surface area (Å²) in [5.74, 6) is 0.491. The van der Waals surface area contributed by atoms with Crippen molar-refractivity contribution in [1.29, 1.82) is 0 Å². The summed E-state index contributed by atoms with van der Waals surface area (Å²) < 4.78 is 18.6. The van der Waals surface area contributed by atoms with E-state index in [0.717, 1.165) is 0 Å². The number of carbonyl (C=O) groups excluding carboxylic acids is 1. The van der Waals surface area contributed by atoms with Crippen LogP contribution in [0.15, 0.2) is 28.8 Å². The number of halogens is 2. The molecule has 0 saturated heterocycles. The van der Waals surface area contributed by atoms with Gasteiger partial charge in [0.25, 0.3) is 0 Å². The molecule has 0 aliphatic rings. The number of hydrogen-bond acceptors (Lipinski definition) is 4. The molecule has 0 fully saturated rings. The van der Waals surface area contributed by atoms with Crippen LogP contribution >= 0.6 is 11.6 Å². The molecule has 0 spiro atoms. The van der Waals surface area contributed by atoms with Crippen molar-refractivity contribution in [2.45, 2.75) is 19.9 Å². The van der Waals surface area contributed by atoms with Gasteiger partial charge < -0.3 is 14.7 Å². The Balaban J connectivity index is 1.82. The molecule has 1 N–H and O–H groups in total. The van der Waals surface area contributed by atoms with E-state index in [1.54, 1.807) is 32.2 Å². The Morgan fingerprint density at radius 1 is 1.50 bits per heavy atom. The summed E-state index contributed by atoms with van der Waals surface area (Å²) in [5.41, 5.74) is 0.430.